The fourth-order valence-corrected chi connectivity index (χ4v) is 10.0. The number of hydrogen-bond donors (Lipinski definition) is 1. The van der Waals surface area contributed by atoms with E-state index in [1.165, 1.54) is 0 Å². The molecule has 0 radical (unpaired) electrons. The highest BCUT2D eigenvalue weighted by Crippen LogP contribution is 2.68. The van der Waals surface area contributed by atoms with Gasteiger partial charge in [0.1, 0.15) is 6.04 Å². The molecule has 9 heteroatoms. The van der Waals surface area contributed by atoms with Crippen molar-refractivity contribution >= 4 is 45.5 Å². The van der Waals surface area contributed by atoms with E-state index in [-0.39, 0.29) is 34.5 Å². The highest BCUT2D eigenvalue weighted by molar-refractivity contribution is 9.09. The van der Waals surface area contributed by atoms with Gasteiger partial charge in [0.15, 0.2) is 0 Å². The number of likely N-dealkylation sites (tertiary alicyclic amines) is 1. The maximum Gasteiger partial charge on any atom is 0.310 e. The topological polar surface area (TPSA) is 87.2 Å². The summed E-state index contributed by atoms with van der Waals surface area (Å²) < 4.78 is 4.92. The number of carbonyl (C=O) groups is 3. The number of esters is 1. The summed E-state index contributed by atoms with van der Waals surface area (Å²) in [6.07, 6.45) is 7.09. The Morgan fingerprint density at radius 2 is 2.03 bits per heavy atom. The zero-order valence-electron chi connectivity index (χ0n) is 22.5. The SMILES string of the molecule is C=CCCCCOC(=O)[C@H]1[C@@H]2SC3(CC2Br)C(C(=O)N(CC=C)Cc2ccccc2)N([C@@H](CC)CO)C(=O)[C@H]13. The number of unbranched alkanes of at least 4 members (excludes halogenated alkanes) is 2. The van der Waals surface area contributed by atoms with Gasteiger partial charge in [0, 0.05) is 23.2 Å². The maximum absolute atomic E-state index is 14.5. The van der Waals surface area contributed by atoms with E-state index in [1.807, 2.05) is 43.3 Å². The Morgan fingerprint density at radius 3 is 2.67 bits per heavy atom. The van der Waals surface area contributed by atoms with Gasteiger partial charge in [-0.3, -0.25) is 14.4 Å². The van der Waals surface area contributed by atoms with E-state index in [4.69, 9.17) is 4.74 Å². The number of fused-ring (bicyclic) bond motifs is 1. The number of halogens is 1. The van der Waals surface area contributed by atoms with Gasteiger partial charge in [0.25, 0.3) is 0 Å². The molecule has 7 atom stereocenters. The summed E-state index contributed by atoms with van der Waals surface area (Å²) in [6, 6.07) is 8.42. The van der Waals surface area contributed by atoms with Gasteiger partial charge in [0.05, 0.1) is 35.8 Å². The van der Waals surface area contributed by atoms with Crippen LogP contribution in [-0.4, -0.2) is 79.4 Å². The van der Waals surface area contributed by atoms with Crippen LogP contribution in [0.2, 0.25) is 0 Å². The lowest BCUT2D eigenvalue weighted by Crippen LogP contribution is -2.57. The molecular weight excluding hydrogens is 580 g/mol. The molecule has 3 aliphatic heterocycles. The first-order valence-corrected chi connectivity index (χ1v) is 15.6. The van der Waals surface area contributed by atoms with Crippen LogP contribution >= 0.6 is 27.7 Å². The van der Waals surface area contributed by atoms with Crippen LogP contribution in [0.1, 0.15) is 44.6 Å². The van der Waals surface area contributed by atoms with Gasteiger partial charge in [-0.05, 0) is 37.7 Å². The number of nitrogens with zero attached hydrogens (tertiary/aromatic N) is 2. The zero-order chi connectivity index (χ0) is 28.2. The van der Waals surface area contributed by atoms with Gasteiger partial charge in [-0.15, -0.1) is 24.9 Å². The Balaban J connectivity index is 1.68. The van der Waals surface area contributed by atoms with Gasteiger partial charge in [-0.1, -0.05) is 65.3 Å². The number of aliphatic hydroxyl groups is 1. The number of aliphatic hydroxyl groups excluding tert-OH is 1. The first-order valence-electron chi connectivity index (χ1n) is 13.8. The zero-order valence-corrected chi connectivity index (χ0v) is 24.9. The maximum atomic E-state index is 14.5. The van der Waals surface area contributed by atoms with Gasteiger partial charge in [0.2, 0.25) is 11.8 Å². The van der Waals surface area contributed by atoms with Crippen molar-refractivity contribution in [1.29, 1.82) is 0 Å². The fraction of sp³-hybridized carbons (Fsp3) is 0.567. The van der Waals surface area contributed by atoms with Crippen molar-refractivity contribution in [3.05, 3.63) is 61.2 Å². The number of rotatable bonds is 14. The molecule has 3 aliphatic rings. The Labute approximate surface area is 244 Å². The van der Waals surface area contributed by atoms with Crippen molar-refractivity contribution < 1.29 is 24.2 Å². The normalized spacial score (nSPS) is 29.7. The van der Waals surface area contributed by atoms with Crippen LogP contribution in [0.3, 0.4) is 0 Å². The minimum Gasteiger partial charge on any atom is -0.465 e. The van der Waals surface area contributed by atoms with E-state index < -0.39 is 28.7 Å². The molecule has 0 saturated carbocycles. The van der Waals surface area contributed by atoms with Crippen molar-refractivity contribution in [2.75, 3.05) is 19.8 Å². The molecule has 3 saturated heterocycles. The monoisotopic (exact) mass is 618 g/mol. The van der Waals surface area contributed by atoms with Crippen molar-refractivity contribution in [3.8, 4) is 0 Å². The first kappa shape index (κ1) is 29.9. The predicted molar refractivity (Wildman–Crippen MR) is 157 cm³/mol. The Hall–Kier alpha value is -2.10. The Bertz CT molecular complexity index is 1070. The lowest BCUT2D eigenvalue weighted by Gasteiger charge is -2.39. The van der Waals surface area contributed by atoms with E-state index in [9.17, 15) is 19.5 Å². The van der Waals surface area contributed by atoms with Crippen LogP contribution in [0.4, 0.5) is 0 Å². The van der Waals surface area contributed by atoms with E-state index in [0.717, 1.165) is 24.8 Å². The second kappa shape index (κ2) is 13.0. The van der Waals surface area contributed by atoms with Crippen LogP contribution < -0.4 is 0 Å². The molecule has 0 aliphatic carbocycles. The molecule has 2 bridgehead atoms. The number of alkyl halides is 1. The third-order valence-corrected chi connectivity index (χ3v) is 11.5. The number of hydrogen-bond acceptors (Lipinski definition) is 6. The largest absolute Gasteiger partial charge is 0.465 e. The summed E-state index contributed by atoms with van der Waals surface area (Å²) in [4.78, 5) is 45.4. The van der Waals surface area contributed by atoms with Crippen molar-refractivity contribution in [2.24, 2.45) is 11.8 Å². The molecule has 1 spiro atoms. The van der Waals surface area contributed by atoms with E-state index >= 15 is 0 Å². The molecule has 2 amide bonds. The average molecular weight is 620 g/mol. The third kappa shape index (κ3) is 5.59. The van der Waals surface area contributed by atoms with E-state index in [0.29, 0.717) is 32.5 Å². The molecule has 3 heterocycles. The second-order valence-electron chi connectivity index (χ2n) is 10.6. The van der Waals surface area contributed by atoms with Gasteiger partial charge >= 0.3 is 5.97 Å². The standard InChI is InChI=1S/C30H39BrN2O5S/c1-4-7-8-12-16-38-29(37)23-24-27(35)33(21(6-3)19-34)26(30(24)17-22(31)25(23)39-30)28(36)32(15-5-2)18-20-13-10-9-11-14-20/h4-5,9-11,13-14,21-26,34H,1-2,6-8,12,15-19H2,3H3/t21-,22?,23+,24-,25+,26?,30?/m0/s1. The lowest BCUT2D eigenvalue weighted by molar-refractivity contribution is -0.154. The van der Waals surface area contributed by atoms with E-state index in [1.54, 1.807) is 27.6 Å². The number of ether oxygens (including phenoxy) is 1. The number of thioether (sulfide) groups is 1. The van der Waals surface area contributed by atoms with Crippen LogP contribution in [0.5, 0.6) is 0 Å². The predicted octanol–water partition coefficient (Wildman–Crippen LogP) is 4.34. The van der Waals surface area contributed by atoms with Crippen molar-refractivity contribution in [3.63, 3.8) is 0 Å². The minimum absolute atomic E-state index is 0.0312. The molecule has 7 nitrogen and oxygen atoms in total. The molecular formula is C30H39BrN2O5S. The number of amides is 2. The highest BCUT2D eigenvalue weighted by atomic mass is 79.9. The average Bonchev–Trinajstić information content (AvgIpc) is 3.53. The van der Waals surface area contributed by atoms with Crippen LogP contribution in [0.15, 0.2) is 55.6 Å². The highest BCUT2D eigenvalue weighted by Gasteiger charge is 2.76. The summed E-state index contributed by atoms with van der Waals surface area (Å²) in [5.74, 6) is -2.08. The molecule has 1 aromatic rings. The summed E-state index contributed by atoms with van der Waals surface area (Å²) in [7, 11) is 0. The smallest absolute Gasteiger partial charge is 0.310 e. The van der Waals surface area contributed by atoms with Crippen molar-refractivity contribution in [1.82, 2.24) is 9.80 Å². The van der Waals surface area contributed by atoms with Gasteiger partial charge < -0.3 is 19.6 Å². The molecule has 1 N–H and O–H groups in total. The molecule has 212 valence electrons. The molecule has 3 unspecified atom stereocenters. The Morgan fingerprint density at radius 1 is 1.28 bits per heavy atom. The minimum atomic E-state index is -0.795. The molecule has 39 heavy (non-hydrogen) atoms. The van der Waals surface area contributed by atoms with Crippen LogP contribution in [0, 0.1) is 11.8 Å². The quantitative estimate of drug-likeness (QED) is 0.144. The number of benzene rings is 1. The molecule has 3 fully saturated rings. The number of allylic oxidation sites excluding steroid dienone is 1. The molecule has 1 aromatic carbocycles. The summed E-state index contributed by atoms with van der Waals surface area (Å²) >= 11 is 5.37. The second-order valence-corrected chi connectivity index (χ2v) is 13.3. The van der Waals surface area contributed by atoms with Crippen LogP contribution in [-0.2, 0) is 25.7 Å². The summed E-state index contributed by atoms with van der Waals surface area (Å²) in [6.45, 7) is 10.2. The van der Waals surface area contributed by atoms with E-state index in [2.05, 4.69) is 29.1 Å². The molecule has 0 aromatic heterocycles. The Kier molecular flexibility index (Phi) is 9.99. The van der Waals surface area contributed by atoms with Crippen molar-refractivity contribution in [2.45, 2.75) is 72.5 Å². The molecule has 4 rings (SSSR count). The number of carbonyl (C=O) groups excluding carboxylic acids is 3. The summed E-state index contributed by atoms with van der Waals surface area (Å²) in [5.41, 5.74) is 0.978. The van der Waals surface area contributed by atoms with Gasteiger partial charge in [-0.25, -0.2) is 0 Å². The first-order chi connectivity index (χ1) is 18.8. The fourth-order valence-electron chi connectivity index (χ4n) is 6.45. The summed E-state index contributed by atoms with van der Waals surface area (Å²) in [5, 5.41) is 10.1. The lowest BCUT2D eigenvalue weighted by atomic mass is 9.71. The van der Waals surface area contributed by atoms with Crippen LogP contribution in [0.25, 0.3) is 0 Å². The van der Waals surface area contributed by atoms with Gasteiger partial charge in [-0.2, -0.15) is 0 Å². The third-order valence-electron chi connectivity index (χ3n) is 8.23.